The fourth-order valence-electron chi connectivity index (χ4n) is 3.64. The zero-order chi connectivity index (χ0) is 20.2. The number of methoxy groups -OCH3 is 1. The standard InChI is InChI=1S/C23H22N2O3S/c1-28-23(27)21-19(17-8-3-2-4-9-17)15-29-22(21)24-20(26)14-25-12-11-16-7-5-6-10-18(16)13-25/h2-10,15H,11-14H2,1H3,(H,24,26). The van der Waals surface area contributed by atoms with Crippen LogP contribution in [0.15, 0.2) is 60.0 Å². The Hall–Kier alpha value is -2.96. The Morgan fingerprint density at radius 3 is 2.55 bits per heavy atom. The number of benzene rings is 2. The Balaban J connectivity index is 1.50. The normalized spacial score (nSPS) is 13.6. The summed E-state index contributed by atoms with van der Waals surface area (Å²) in [6.07, 6.45) is 0.939. The van der Waals surface area contributed by atoms with E-state index in [4.69, 9.17) is 4.74 Å². The van der Waals surface area contributed by atoms with E-state index in [1.54, 1.807) is 0 Å². The summed E-state index contributed by atoms with van der Waals surface area (Å²) < 4.78 is 4.97. The average Bonchev–Trinajstić information content (AvgIpc) is 3.17. The molecule has 0 atom stereocenters. The van der Waals surface area contributed by atoms with Crippen LogP contribution in [0.2, 0.25) is 0 Å². The summed E-state index contributed by atoms with van der Waals surface area (Å²) in [6, 6.07) is 18.0. The minimum atomic E-state index is -0.452. The van der Waals surface area contributed by atoms with Gasteiger partial charge in [-0.2, -0.15) is 0 Å². The molecule has 0 saturated heterocycles. The molecule has 0 saturated carbocycles. The minimum Gasteiger partial charge on any atom is -0.465 e. The summed E-state index contributed by atoms with van der Waals surface area (Å²) in [5.74, 6) is -0.580. The van der Waals surface area contributed by atoms with Crippen LogP contribution in [0.3, 0.4) is 0 Å². The van der Waals surface area contributed by atoms with E-state index < -0.39 is 5.97 Å². The SMILES string of the molecule is COC(=O)c1c(-c2ccccc2)csc1NC(=O)CN1CCc2ccccc2C1. The van der Waals surface area contributed by atoms with Crippen LogP contribution in [0.25, 0.3) is 11.1 Å². The number of nitrogens with one attached hydrogen (secondary N) is 1. The second-order valence-corrected chi connectivity index (χ2v) is 7.87. The topological polar surface area (TPSA) is 58.6 Å². The number of fused-ring (bicyclic) bond motifs is 1. The number of anilines is 1. The number of amides is 1. The van der Waals surface area contributed by atoms with Gasteiger partial charge < -0.3 is 10.1 Å². The van der Waals surface area contributed by atoms with Crippen molar-refractivity contribution >= 4 is 28.2 Å². The number of ether oxygens (including phenoxy) is 1. The number of esters is 1. The van der Waals surface area contributed by atoms with Crippen molar-refractivity contribution in [2.45, 2.75) is 13.0 Å². The zero-order valence-corrected chi connectivity index (χ0v) is 17.0. The summed E-state index contributed by atoms with van der Waals surface area (Å²) in [5, 5.41) is 5.33. The third-order valence-electron chi connectivity index (χ3n) is 5.10. The first-order valence-corrected chi connectivity index (χ1v) is 10.4. The molecule has 0 aliphatic carbocycles. The highest BCUT2D eigenvalue weighted by Crippen LogP contribution is 2.36. The molecule has 0 fully saturated rings. The molecule has 0 bridgehead atoms. The van der Waals surface area contributed by atoms with Gasteiger partial charge in [-0.05, 0) is 23.1 Å². The van der Waals surface area contributed by atoms with Crippen molar-refractivity contribution in [3.8, 4) is 11.1 Å². The lowest BCUT2D eigenvalue weighted by Crippen LogP contribution is -2.37. The van der Waals surface area contributed by atoms with Gasteiger partial charge >= 0.3 is 5.97 Å². The molecule has 0 radical (unpaired) electrons. The summed E-state index contributed by atoms with van der Waals surface area (Å²) in [5.41, 5.74) is 4.70. The van der Waals surface area contributed by atoms with Crippen molar-refractivity contribution in [2.24, 2.45) is 0 Å². The number of hydrogen-bond donors (Lipinski definition) is 1. The van der Waals surface area contributed by atoms with Gasteiger partial charge in [0.25, 0.3) is 0 Å². The molecular formula is C23H22N2O3S. The largest absolute Gasteiger partial charge is 0.465 e. The number of thiophene rings is 1. The van der Waals surface area contributed by atoms with E-state index in [9.17, 15) is 9.59 Å². The smallest absolute Gasteiger partial charge is 0.341 e. The van der Waals surface area contributed by atoms with Crippen molar-refractivity contribution in [3.63, 3.8) is 0 Å². The third-order valence-corrected chi connectivity index (χ3v) is 5.99. The summed E-state index contributed by atoms with van der Waals surface area (Å²) in [6.45, 7) is 1.88. The molecule has 0 unspecified atom stereocenters. The average molecular weight is 407 g/mol. The van der Waals surface area contributed by atoms with Crippen LogP contribution >= 0.6 is 11.3 Å². The molecule has 1 N–H and O–H groups in total. The summed E-state index contributed by atoms with van der Waals surface area (Å²) in [4.78, 5) is 27.3. The molecule has 4 rings (SSSR count). The first-order valence-electron chi connectivity index (χ1n) is 9.50. The molecule has 1 aromatic heterocycles. The second kappa shape index (κ2) is 8.59. The molecule has 3 aromatic rings. The molecule has 1 aliphatic heterocycles. The molecule has 2 heterocycles. The second-order valence-electron chi connectivity index (χ2n) is 6.99. The first-order chi connectivity index (χ1) is 14.2. The van der Waals surface area contributed by atoms with E-state index in [0.29, 0.717) is 10.6 Å². The molecule has 1 aliphatic rings. The predicted octanol–water partition coefficient (Wildman–Crippen LogP) is 4.20. The number of nitrogens with zero attached hydrogens (tertiary/aromatic N) is 1. The van der Waals surface area contributed by atoms with E-state index in [2.05, 4.69) is 28.4 Å². The van der Waals surface area contributed by atoms with Crippen LogP contribution in [-0.2, 0) is 22.5 Å². The molecule has 0 spiro atoms. The highest BCUT2D eigenvalue weighted by Gasteiger charge is 2.23. The quantitative estimate of drug-likeness (QED) is 0.645. The number of hydrogen-bond acceptors (Lipinski definition) is 5. The van der Waals surface area contributed by atoms with Crippen molar-refractivity contribution in [2.75, 3.05) is 25.5 Å². The molecule has 5 nitrogen and oxygen atoms in total. The molecule has 29 heavy (non-hydrogen) atoms. The highest BCUT2D eigenvalue weighted by molar-refractivity contribution is 7.15. The Morgan fingerprint density at radius 2 is 1.79 bits per heavy atom. The number of rotatable bonds is 5. The van der Waals surface area contributed by atoms with Crippen LogP contribution in [0.1, 0.15) is 21.5 Å². The fourth-order valence-corrected chi connectivity index (χ4v) is 4.62. The van der Waals surface area contributed by atoms with Crippen LogP contribution in [0.4, 0.5) is 5.00 Å². The van der Waals surface area contributed by atoms with Gasteiger partial charge in [-0.15, -0.1) is 11.3 Å². The van der Waals surface area contributed by atoms with E-state index in [-0.39, 0.29) is 12.5 Å². The Kier molecular flexibility index (Phi) is 5.74. The van der Waals surface area contributed by atoms with Crippen LogP contribution < -0.4 is 5.32 Å². The summed E-state index contributed by atoms with van der Waals surface area (Å²) >= 11 is 1.34. The van der Waals surface area contributed by atoms with Crippen molar-refractivity contribution in [3.05, 3.63) is 76.7 Å². The van der Waals surface area contributed by atoms with Gasteiger partial charge in [0, 0.05) is 24.0 Å². The lowest BCUT2D eigenvalue weighted by atomic mass is 10.00. The molecule has 1 amide bonds. The lowest BCUT2D eigenvalue weighted by molar-refractivity contribution is -0.117. The molecule has 2 aromatic carbocycles. The third kappa shape index (κ3) is 4.23. The van der Waals surface area contributed by atoms with Crippen molar-refractivity contribution in [1.29, 1.82) is 0 Å². The van der Waals surface area contributed by atoms with E-state index in [1.165, 1.54) is 29.6 Å². The van der Waals surface area contributed by atoms with Crippen LogP contribution in [0, 0.1) is 0 Å². The first kappa shape index (κ1) is 19.4. The summed E-state index contributed by atoms with van der Waals surface area (Å²) in [7, 11) is 1.35. The highest BCUT2D eigenvalue weighted by atomic mass is 32.1. The van der Waals surface area contributed by atoms with E-state index >= 15 is 0 Å². The van der Waals surface area contributed by atoms with Crippen LogP contribution in [-0.4, -0.2) is 37.0 Å². The van der Waals surface area contributed by atoms with Gasteiger partial charge in [0.2, 0.25) is 5.91 Å². The van der Waals surface area contributed by atoms with Crippen molar-refractivity contribution < 1.29 is 14.3 Å². The molecule has 148 valence electrons. The maximum absolute atomic E-state index is 12.7. The van der Waals surface area contributed by atoms with Gasteiger partial charge in [0.05, 0.1) is 13.7 Å². The Morgan fingerprint density at radius 1 is 1.07 bits per heavy atom. The lowest BCUT2D eigenvalue weighted by Gasteiger charge is -2.28. The van der Waals surface area contributed by atoms with Gasteiger partial charge in [-0.25, -0.2) is 4.79 Å². The maximum atomic E-state index is 12.7. The minimum absolute atomic E-state index is 0.129. The van der Waals surface area contributed by atoms with Crippen molar-refractivity contribution in [1.82, 2.24) is 4.90 Å². The monoisotopic (exact) mass is 406 g/mol. The Bertz CT molecular complexity index is 1030. The van der Waals surface area contributed by atoms with E-state index in [1.807, 2.05) is 41.8 Å². The van der Waals surface area contributed by atoms with Crippen LogP contribution in [0.5, 0.6) is 0 Å². The zero-order valence-electron chi connectivity index (χ0n) is 16.2. The van der Waals surface area contributed by atoms with Gasteiger partial charge in [-0.3, -0.25) is 9.69 Å². The van der Waals surface area contributed by atoms with E-state index in [0.717, 1.165) is 30.6 Å². The Labute approximate surface area is 173 Å². The fraction of sp³-hybridized carbons (Fsp3) is 0.217. The van der Waals surface area contributed by atoms with Gasteiger partial charge in [-0.1, -0.05) is 54.6 Å². The molecular weight excluding hydrogens is 384 g/mol. The predicted molar refractivity (Wildman–Crippen MR) is 115 cm³/mol. The van der Waals surface area contributed by atoms with Gasteiger partial charge in [0.1, 0.15) is 10.6 Å². The number of carbonyl (C=O) groups is 2. The molecule has 6 heteroatoms. The van der Waals surface area contributed by atoms with Gasteiger partial charge in [0.15, 0.2) is 0 Å². The maximum Gasteiger partial charge on any atom is 0.341 e. The number of carbonyl (C=O) groups excluding carboxylic acids is 2.